The molecule has 0 saturated carbocycles. The van der Waals surface area contributed by atoms with Gasteiger partial charge in [0.05, 0.1) is 17.1 Å². The molecule has 0 radical (unpaired) electrons. The van der Waals surface area contributed by atoms with E-state index in [4.69, 9.17) is 11.6 Å². The van der Waals surface area contributed by atoms with Gasteiger partial charge in [0.2, 0.25) is 0 Å². The van der Waals surface area contributed by atoms with Crippen LogP contribution in [0, 0.1) is 5.92 Å². The molecule has 3 rings (SSSR count). The molecule has 0 unspecified atom stereocenters. The molecule has 0 spiro atoms. The maximum Gasteiger partial charge on any atom is 0.0691 e. The molecule has 4 nitrogen and oxygen atoms in total. The lowest BCUT2D eigenvalue weighted by atomic mass is 10.1. The lowest BCUT2D eigenvalue weighted by Crippen LogP contribution is -2.34. The third kappa shape index (κ3) is 3.98. The molecule has 3 aromatic rings. The molecule has 4 heteroatoms. The molecule has 0 saturated heterocycles. The van der Waals surface area contributed by atoms with Gasteiger partial charge in [-0.1, -0.05) is 44.2 Å². The molecule has 26 heavy (non-hydrogen) atoms. The molecule has 3 aromatic carbocycles. The first-order valence-electron chi connectivity index (χ1n) is 8.88. The van der Waals surface area contributed by atoms with Gasteiger partial charge in [-0.3, -0.25) is 0 Å². The summed E-state index contributed by atoms with van der Waals surface area (Å²) in [6.45, 7) is 5.13. The van der Waals surface area contributed by atoms with E-state index in [1.165, 1.54) is 0 Å². The van der Waals surface area contributed by atoms with Crippen molar-refractivity contribution in [2.75, 3.05) is 22.2 Å². The van der Waals surface area contributed by atoms with E-state index in [-0.39, 0.29) is 0 Å². The van der Waals surface area contributed by atoms with Crippen molar-refractivity contribution in [3.63, 3.8) is 0 Å². The molecule has 0 bridgehead atoms. The van der Waals surface area contributed by atoms with Crippen LogP contribution in [0.25, 0.3) is 0 Å². The van der Waals surface area contributed by atoms with Crippen molar-refractivity contribution in [1.82, 2.24) is 0 Å². The lowest BCUT2D eigenvalue weighted by molar-refractivity contribution is 0.621. The van der Waals surface area contributed by atoms with Crippen molar-refractivity contribution in [2.45, 2.75) is 13.8 Å². The van der Waals surface area contributed by atoms with E-state index in [9.17, 15) is 0 Å². The first-order chi connectivity index (χ1) is 12.6. The molecule has 0 atom stereocenters. The standard InChI is InChI=1S/C22H26N4/c1-17(2)16-25(24)18-12-14-20(15-13-18)26(19-8-4-3-5-9-19)22-11-7-6-10-21(22)23/h3-15,17H,16,23-24H2,1-2H3. The SMILES string of the molecule is CC(C)CN(N)c1ccc(N(c2ccccc2)c2ccccc2N)cc1. The molecule has 0 amide bonds. The second-order valence-corrected chi connectivity index (χ2v) is 6.79. The highest BCUT2D eigenvalue weighted by Gasteiger charge is 2.15. The van der Waals surface area contributed by atoms with Crippen LogP contribution in [0.3, 0.4) is 0 Å². The van der Waals surface area contributed by atoms with Gasteiger partial charge in [0, 0.05) is 17.9 Å². The van der Waals surface area contributed by atoms with E-state index in [1.54, 1.807) is 5.01 Å². The van der Waals surface area contributed by atoms with E-state index in [0.29, 0.717) is 5.92 Å². The molecule has 0 heterocycles. The van der Waals surface area contributed by atoms with Crippen LogP contribution in [0.1, 0.15) is 13.8 Å². The number of benzene rings is 3. The Morgan fingerprint density at radius 1 is 0.731 bits per heavy atom. The topological polar surface area (TPSA) is 58.5 Å². The summed E-state index contributed by atoms with van der Waals surface area (Å²) >= 11 is 0. The van der Waals surface area contributed by atoms with Gasteiger partial charge < -0.3 is 15.6 Å². The molecular formula is C22H26N4. The number of nitrogens with zero attached hydrogens (tertiary/aromatic N) is 2. The fraction of sp³-hybridized carbons (Fsp3) is 0.182. The fourth-order valence-electron chi connectivity index (χ4n) is 2.99. The number of rotatable bonds is 6. The molecule has 4 N–H and O–H groups in total. The zero-order valence-corrected chi connectivity index (χ0v) is 15.3. The minimum atomic E-state index is 0.504. The summed E-state index contributed by atoms with van der Waals surface area (Å²) in [6.07, 6.45) is 0. The number of hydrazine groups is 1. The highest BCUT2D eigenvalue weighted by molar-refractivity contribution is 5.83. The van der Waals surface area contributed by atoms with Crippen molar-refractivity contribution >= 4 is 28.4 Å². The summed E-state index contributed by atoms with van der Waals surface area (Å²) in [6, 6.07) is 26.4. The van der Waals surface area contributed by atoms with Crippen LogP contribution in [0.5, 0.6) is 0 Å². The smallest absolute Gasteiger partial charge is 0.0691 e. The second kappa shape index (κ2) is 7.93. The Balaban J connectivity index is 1.99. The highest BCUT2D eigenvalue weighted by atomic mass is 15.4. The van der Waals surface area contributed by atoms with Gasteiger partial charge in [0.15, 0.2) is 0 Å². The molecule has 0 aliphatic carbocycles. The van der Waals surface area contributed by atoms with E-state index in [0.717, 1.165) is 35.0 Å². The molecule has 0 aliphatic rings. The first-order valence-corrected chi connectivity index (χ1v) is 8.88. The van der Waals surface area contributed by atoms with Gasteiger partial charge in [-0.2, -0.15) is 0 Å². The van der Waals surface area contributed by atoms with Gasteiger partial charge in [-0.25, -0.2) is 5.84 Å². The quantitative estimate of drug-likeness (QED) is 0.371. The number of nitrogen functional groups attached to an aromatic ring is 1. The van der Waals surface area contributed by atoms with Crippen LogP contribution in [0.2, 0.25) is 0 Å². The van der Waals surface area contributed by atoms with Crippen molar-refractivity contribution in [3.05, 3.63) is 78.9 Å². The average Bonchev–Trinajstić information content (AvgIpc) is 2.64. The van der Waals surface area contributed by atoms with Gasteiger partial charge in [-0.05, 0) is 54.4 Å². The van der Waals surface area contributed by atoms with Crippen LogP contribution in [-0.4, -0.2) is 6.54 Å². The van der Waals surface area contributed by atoms with Crippen LogP contribution in [0.4, 0.5) is 28.4 Å². The summed E-state index contributed by atoms with van der Waals surface area (Å²) in [7, 11) is 0. The van der Waals surface area contributed by atoms with Crippen molar-refractivity contribution in [1.29, 1.82) is 0 Å². The third-order valence-electron chi connectivity index (χ3n) is 4.19. The van der Waals surface area contributed by atoms with Crippen LogP contribution in [0.15, 0.2) is 78.9 Å². The highest BCUT2D eigenvalue weighted by Crippen LogP contribution is 2.37. The van der Waals surface area contributed by atoms with Gasteiger partial charge in [0.1, 0.15) is 0 Å². The summed E-state index contributed by atoms with van der Waals surface area (Å²) in [5, 5.41) is 1.79. The van der Waals surface area contributed by atoms with E-state index in [2.05, 4.69) is 43.0 Å². The maximum absolute atomic E-state index is 6.26. The van der Waals surface area contributed by atoms with Crippen molar-refractivity contribution in [2.24, 2.45) is 11.8 Å². The van der Waals surface area contributed by atoms with Crippen LogP contribution < -0.4 is 21.5 Å². The van der Waals surface area contributed by atoms with Crippen LogP contribution >= 0.6 is 0 Å². The maximum atomic E-state index is 6.26. The number of anilines is 5. The number of hydrogen-bond acceptors (Lipinski definition) is 4. The number of hydrogen-bond donors (Lipinski definition) is 2. The van der Waals surface area contributed by atoms with E-state index in [1.807, 2.05) is 54.6 Å². The fourth-order valence-corrected chi connectivity index (χ4v) is 2.99. The Labute approximate surface area is 155 Å². The van der Waals surface area contributed by atoms with E-state index >= 15 is 0 Å². The normalized spacial score (nSPS) is 10.8. The Morgan fingerprint density at radius 3 is 1.88 bits per heavy atom. The second-order valence-electron chi connectivity index (χ2n) is 6.79. The Hall–Kier alpha value is -2.98. The first kappa shape index (κ1) is 17.8. The van der Waals surface area contributed by atoms with E-state index < -0.39 is 0 Å². The van der Waals surface area contributed by atoms with Crippen molar-refractivity contribution in [3.8, 4) is 0 Å². The number of nitrogens with two attached hydrogens (primary N) is 2. The number of para-hydroxylation sites is 3. The monoisotopic (exact) mass is 346 g/mol. The Bertz CT molecular complexity index is 828. The minimum absolute atomic E-state index is 0.504. The zero-order chi connectivity index (χ0) is 18.5. The molecular weight excluding hydrogens is 320 g/mol. The lowest BCUT2D eigenvalue weighted by Gasteiger charge is -2.27. The minimum Gasteiger partial charge on any atom is -0.397 e. The van der Waals surface area contributed by atoms with Crippen LogP contribution in [-0.2, 0) is 0 Å². The summed E-state index contributed by atoms with van der Waals surface area (Å²) < 4.78 is 0. The largest absolute Gasteiger partial charge is 0.397 e. The molecule has 0 aromatic heterocycles. The van der Waals surface area contributed by atoms with Gasteiger partial charge >= 0.3 is 0 Å². The predicted molar refractivity (Wildman–Crippen MR) is 112 cm³/mol. The Morgan fingerprint density at radius 2 is 1.27 bits per heavy atom. The summed E-state index contributed by atoms with van der Waals surface area (Å²) in [5.41, 5.74) is 11.0. The Kier molecular flexibility index (Phi) is 5.44. The predicted octanol–water partition coefficient (Wildman–Crippen LogP) is 5.07. The summed E-state index contributed by atoms with van der Waals surface area (Å²) in [5.74, 6) is 6.67. The van der Waals surface area contributed by atoms with Crippen molar-refractivity contribution < 1.29 is 0 Å². The molecule has 134 valence electrons. The average molecular weight is 346 g/mol. The zero-order valence-electron chi connectivity index (χ0n) is 15.3. The molecule has 0 aliphatic heterocycles. The molecule has 0 fully saturated rings. The van der Waals surface area contributed by atoms with Gasteiger partial charge in [0.25, 0.3) is 0 Å². The summed E-state index contributed by atoms with van der Waals surface area (Å²) in [4.78, 5) is 2.16. The third-order valence-corrected chi connectivity index (χ3v) is 4.19. The van der Waals surface area contributed by atoms with Gasteiger partial charge in [-0.15, -0.1) is 0 Å².